The van der Waals surface area contributed by atoms with Crippen molar-refractivity contribution in [2.75, 3.05) is 11.9 Å². The Morgan fingerprint density at radius 3 is 2.75 bits per heavy atom. The highest BCUT2D eigenvalue weighted by molar-refractivity contribution is 7.90. The van der Waals surface area contributed by atoms with Crippen molar-refractivity contribution < 1.29 is 17.9 Å². The fraction of sp³-hybridized carbons (Fsp3) is 0.133. The molecule has 0 saturated carbocycles. The van der Waals surface area contributed by atoms with Gasteiger partial charge in [0.15, 0.2) is 0 Å². The molecule has 1 aliphatic rings. The van der Waals surface area contributed by atoms with Crippen molar-refractivity contribution in [2.45, 2.75) is 11.3 Å². The van der Waals surface area contributed by atoms with E-state index in [0.29, 0.717) is 18.8 Å². The molecule has 1 heterocycles. The minimum atomic E-state index is -4.02. The van der Waals surface area contributed by atoms with Crippen LogP contribution in [0.3, 0.4) is 0 Å². The molecule has 9 heteroatoms. The first-order chi connectivity index (χ1) is 11.4. The van der Waals surface area contributed by atoms with Crippen molar-refractivity contribution in [3.63, 3.8) is 0 Å². The fourth-order valence-electron chi connectivity index (χ4n) is 2.26. The maximum Gasteiger partial charge on any atom is 0.333 e. The lowest BCUT2D eigenvalue weighted by atomic mass is 10.2. The molecular formula is C15H12Cl2N2O4S. The second kappa shape index (κ2) is 6.51. The Morgan fingerprint density at radius 1 is 1.17 bits per heavy atom. The molecule has 2 aromatic rings. The highest BCUT2D eigenvalue weighted by Gasteiger charge is 2.21. The average molecular weight is 387 g/mol. The minimum Gasteiger partial charge on any atom is -0.493 e. The predicted molar refractivity (Wildman–Crippen MR) is 91.4 cm³/mol. The lowest BCUT2D eigenvalue weighted by Crippen LogP contribution is -2.34. The van der Waals surface area contributed by atoms with Crippen LogP contribution in [0.2, 0.25) is 10.0 Å². The number of amides is 2. The molecule has 126 valence electrons. The zero-order valence-corrected chi connectivity index (χ0v) is 14.5. The van der Waals surface area contributed by atoms with Crippen molar-refractivity contribution in [1.29, 1.82) is 0 Å². The Bertz CT molecular complexity index is 916. The van der Waals surface area contributed by atoms with Gasteiger partial charge in [-0.3, -0.25) is 0 Å². The number of carbonyl (C=O) groups excluding carboxylic acids is 1. The molecule has 24 heavy (non-hydrogen) atoms. The number of hydrogen-bond acceptors (Lipinski definition) is 4. The molecule has 3 rings (SSSR count). The number of fused-ring (bicyclic) bond motifs is 1. The molecule has 6 nitrogen and oxygen atoms in total. The van der Waals surface area contributed by atoms with E-state index in [1.807, 2.05) is 4.72 Å². The van der Waals surface area contributed by atoms with E-state index in [4.69, 9.17) is 27.9 Å². The highest BCUT2D eigenvalue weighted by Crippen LogP contribution is 2.30. The molecule has 0 saturated heterocycles. The van der Waals surface area contributed by atoms with E-state index >= 15 is 0 Å². The Morgan fingerprint density at radius 2 is 1.96 bits per heavy atom. The maximum absolute atomic E-state index is 12.3. The fourth-order valence-corrected chi connectivity index (χ4v) is 3.56. The summed E-state index contributed by atoms with van der Waals surface area (Å²) in [6.45, 7) is 0.514. The number of hydrogen-bond donors (Lipinski definition) is 2. The molecule has 0 aliphatic carbocycles. The van der Waals surface area contributed by atoms with Crippen LogP contribution >= 0.6 is 23.2 Å². The molecule has 0 spiro atoms. The molecule has 1 aliphatic heterocycles. The van der Waals surface area contributed by atoms with Crippen molar-refractivity contribution in [3.05, 3.63) is 52.0 Å². The summed E-state index contributed by atoms with van der Waals surface area (Å²) in [5.41, 5.74) is 0.996. The molecule has 0 atom stereocenters. The molecule has 0 fully saturated rings. The van der Waals surface area contributed by atoms with Gasteiger partial charge in [-0.05, 0) is 35.9 Å². The summed E-state index contributed by atoms with van der Waals surface area (Å²) in [7, 11) is -4.02. The number of ether oxygens (including phenoxy) is 1. The van der Waals surface area contributed by atoms with Crippen LogP contribution in [0.25, 0.3) is 0 Å². The summed E-state index contributed by atoms with van der Waals surface area (Å²) >= 11 is 11.8. The van der Waals surface area contributed by atoms with Gasteiger partial charge in [0.25, 0.3) is 10.0 Å². The van der Waals surface area contributed by atoms with Crippen molar-refractivity contribution >= 4 is 44.9 Å². The zero-order chi connectivity index (χ0) is 17.3. The van der Waals surface area contributed by atoms with E-state index in [2.05, 4.69) is 5.32 Å². The first-order valence-electron chi connectivity index (χ1n) is 6.90. The van der Waals surface area contributed by atoms with Crippen LogP contribution in [0.15, 0.2) is 41.3 Å². The number of carbonyl (C=O) groups is 1. The zero-order valence-electron chi connectivity index (χ0n) is 12.2. The van der Waals surface area contributed by atoms with Crippen molar-refractivity contribution in [3.8, 4) is 5.75 Å². The van der Waals surface area contributed by atoms with Gasteiger partial charge >= 0.3 is 6.03 Å². The van der Waals surface area contributed by atoms with E-state index in [0.717, 1.165) is 5.56 Å². The molecule has 2 N–H and O–H groups in total. The van der Waals surface area contributed by atoms with Gasteiger partial charge in [-0.25, -0.2) is 17.9 Å². The summed E-state index contributed by atoms with van der Waals surface area (Å²) in [4.78, 5) is 12.0. The summed E-state index contributed by atoms with van der Waals surface area (Å²) in [5.74, 6) is 0.657. The minimum absolute atomic E-state index is 0.0147. The molecule has 2 aromatic carbocycles. The van der Waals surface area contributed by atoms with Gasteiger partial charge in [-0.15, -0.1) is 0 Å². The van der Waals surface area contributed by atoms with Gasteiger partial charge in [0.05, 0.1) is 27.2 Å². The molecular weight excluding hydrogens is 375 g/mol. The topological polar surface area (TPSA) is 84.5 Å². The Labute approximate surface area is 148 Å². The van der Waals surface area contributed by atoms with Crippen LogP contribution in [-0.4, -0.2) is 21.1 Å². The lowest BCUT2D eigenvalue weighted by molar-refractivity contribution is 0.256. The van der Waals surface area contributed by atoms with Crippen LogP contribution in [0.5, 0.6) is 5.75 Å². The van der Waals surface area contributed by atoms with Gasteiger partial charge in [-0.2, -0.15) is 0 Å². The highest BCUT2D eigenvalue weighted by atomic mass is 35.5. The van der Waals surface area contributed by atoms with Crippen LogP contribution in [0.4, 0.5) is 10.5 Å². The molecule has 0 aromatic heterocycles. The molecule has 2 amide bonds. The van der Waals surface area contributed by atoms with Gasteiger partial charge in [0, 0.05) is 6.42 Å². The number of sulfonamides is 1. The second-order valence-corrected chi connectivity index (χ2v) is 7.50. The van der Waals surface area contributed by atoms with Gasteiger partial charge in [-0.1, -0.05) is 29.3 Å². The number of anilines is 1. The standard InChI is InChI=1S/C15H12Cl2N2O4S/c16-11-2-1-3-12(14(11)17)18-15(20)19-24(21,22)10-4-5-13-9(8-10)6-7-23-13/h1-5,8H,6-7H2,(H2,18,19,20). The largest absolute Gasteiger partial charge is 0.493 e. The van der Waals surface area contributed by atoms with Gasteiger partial charge in [0.1, 0.15) is 5.75 Å². The summed E-state index contributed by atoms with van der Waals surface area (Å²) in [6, 6.07) is 8.15. The predicted octanol–water partition coefficient (Wildman–Crippen LogP) is 3.44. The third-order valence-electron chi connectivity index (χ3n) is 3.40. The maximum atomic E-state index is 12.3. The number of urea groups is 1. The van der Waals surface area contributed by atoms with E-state index in [1.165, 1.54) is 18.2 Å². The van der Waals surface area contributed by atoms with Gasteiger partial charge in [0.2, 0.25) is 0 Å². The number of benzene rings is 2. The Hall–Kier alpha value is -1.96. The summed E-state index contributed by atoms with van der Waals surface area (Å²) in [5, 5.41) is 2.73. The quantitative estimate of drug-likeness (QED) is 0.845. The third-order valence-corrected chi connectivity index (χ3v) is 5.55. The van der Waals surface area contributed by atoms with Crippen LogP contribution in [-0.2, 0) is 16.4 Å². The first kappa shape index (κ1) is 16.9. The van der Waals surface area contributed by atoms with Crippen LogP contribution in [0, 0.1) is 0 Å². The van der Waals surface area contributed by atoms with E-state index < -0.39 is 16.1 Å². The number of rotatable bonds is 3. The first-order valence-corrected chi connectivity index (χ1v) is 9.14. The Kier molecular flexibility index (Phi) is 4.58. The Balaban J connectivity index is 1.77. The van der Waals surface area contributed by atoms with Gasteiger partial charge < -0.3 is 10.1 Å². The van der Waals surface area contributed by atoms with Crippen molar-refractivity contribution in [1.82, 2.24) is 4.72 Å². The number of halogens is 2. The molecule has 0 bridgehead atoms. The summed E-state index contributed by atoms with van der Waals surface area (Å²) in [6.07, 6.45) is 0.628. The monoisotopic (exact) mass is 386 g/mol. The van der Waals surface area contributed by atoms with Crippen molar-refractivity contribution in [2.24, 2.45) is 0 Å². The van der Waals surface area contributed by atoms with E-state index in [9.17, 15) is 13.2 Å². The SMILES string of the molecule is O=C(Nc1cccc(Cl)c1Cl)NS(=O)(=O)c1ccc2c(c1)CCO2. The molecule has 0 radical (unpaired) electrons. The number of nitrogens with one attached hydrogen (secondary N) is 2. The third kappa shape index (κ3) is 3.43. The average Bonchev–Trinajstić information content (AvgIpc) is 2.99. The second-order valence-electron chi connectivity index (χ2n) is 5.03. The molecule has 0 unspecified atom stereocenters. The lowest BCUT2D eigenvalue weighted by Gasteiger charge is -2.11. The van der Waals surface area contributed by atoms with E-state index in [-0.39, 0.29) is 20.6 Å². The van der Waals surface area contributed by atoms with Crippen LogP contribution < -0.4 is 14.8 Å². The van der Waals surface area contributed by atoms with E-state index in [1.54, 1.807) is 18.2 Å². The van der Waals surface area contributed by atoms with Crippen LogP contribution in [0.1, 0.15) is 5.56 Å². The smallest absolute Gasteiger partial charge is 0.333 e. The normalized spacial score (nSPS) is 13.1. The summed E-state index contributed by atoms with van der Waals surface area (Å²) < 4.78 is 31.9.